The number of carbonyl (C=O) groups excluding carboxylic acids is 1. The van der Waals surface area contributed by atoms with Gasteiger partial charge in [0.05, 0.1) is 16.3 Å². The molecule has 0 aromatic carbocycles. The van der Waals surface area contributed by atoms with Crippen LogP contribution in [0.1, 0.15) is 10.4 Å². The number of nitrogens with one attached hydrogen (secondary N) is 1. The first-order valence-electron chi connectivity index (χ1n) is 4.28. The van der Waals surface area contributed by atoms with Crippen LogP contribution in [-0.4, -0.2) is 31.6 Å². The van der Waals surface area contributed by atoms with Gasteiger partial charge in [-0.3, -0.25) is 9.78 Å². The lowest BCUT2D eigenvalue weighted by atomic mass is 10.2. The number of nitrogens with two attached hydrogens (primary N) is 1. The van der Waals surface area contributed by atoms with E-state index in [1.807, 2.05) is 0 Å². The fraction of sp³-hybridized carbons (Fsp3) is 0.250. The Hall–Kier alpha value is -1.18. The van der Waals surface area contributed by atoms with Crippen LogP contribution >= 0.6 is 11.6 Å². The lowest BCUT2D eigenvalue weighted by molar-refractivity contribution is 0.0956. The van der Waals surface area contributed by atoms with Gasteiger partial charge >= 0.3 is 0 Å². The highest BCUT2D eigenvalue weighted by atomic mass is 35.5. The van der Waals surface area contributed by atoms with E-state index in [4.69, 9.17) is 16.7 Å². The molecule has 1 aromatic rings. The molecule has 0 fully saturated rings. The van der Waals surface area contributed by atoms with E-state index in [2.05, 4.69) is 10.3 Å². The summed E-state index contributed by atoms with van der Waals surface area (Å²) in [6.45, 7) is -0.0592. The molecule has 0 aliphatic rings. The van der Waals surface area contributed by atoms with Crippen molar-refractivity contribution in [3.8, 4) is 0 Å². The molecule has 0 bridgehead atoms. The summed E-state index contributed by atoms with van der Waals surface area (Å²) in [5.74, 6) is -0.780. The predicted octanol–water partition coefficient (Wildman–Crippen LogP) is -0.247. The molecule has 1 rings (SSSR count). The molecule has 16 heavy (non-hydrogen) atoms. The zero-order valence-corrected chi connectivity index (χ0v) is 9.75. The minimum atomic E-state index is -3.57. The van der Waals surface area contributed by atoms with Crippen molar-refractivity contribution in [2.75, 3.05) is 12.3 Å². The van der Waals surface area contributed by atoms with Crippen LogP contribution in [0.25, 0.3) is 0 Å². The summed E-state index contributed by atoms with van der Waals surface area (Å²) in [6, 6.07) is 1.44. The van der Waals surface area contributed by atoms with E-state index in [1.54, 1.807) is 0 Å². The quantitative estimate of drug-likeness (QED) is 0.782. The molecule has 0 saturated carbocycles. The maximum absolute atomic E-state index is 11.5. The molecule has 0 aliphatic carbocycles. The predicted molar refractivity (Wildman–Crippen MR) is 59.6 cm³/mol. The van der Waals surface area contributed by atoms with Crippen molar-refractivity contribution in [1.82, 2.24) is 10.3 Å². The van der Waals surface area contributed by atoms with Gasteiger partial charge in [-0.2, -0.15) is 0 Å². The van der Waals surface area contributed by atoms with Gasteiger partial charge in [-0.05, 0) is 6.07 Å². The number of carbonyl (C=O) groups is 1. The highest BCUT2D eigenvalue weighted by Crippen LogP contribution is 2.12. The molecule has 0 aliphatic heterocycles. The number of hydrogen-bond donors (Lipinski definition) is 2. The van der Waals surface area contributed by atoms with Crippen molar-refractivity contribution < 1.29 is 13.2 Å². The monoisotopic (exact) mass is 263 g/mol. The summed E-state index contributed by atoms with van der Waals surface area (Å²) in [6.07, 6.45) is 2.75. The highest BCUT2D eigenvalue weighted by Gasteiger charge is 2.10. The largest absolute Gasteiger partial charge is 0.351 e. The third-order valence-corrected chi connectivity index (χ3v) is 2.76. The van der Waals surface area contributed by atoms with Gasteiger partial charge in [0, 0.05) is 18.9 Å². The fourth-order valence-electron chi connectivity index (χ4n) is 0.961. The molecule has 0 spiro atoms. The second kappa shape index (κ2) is 5.24. The van der Waals surface area contributed by atoms with E-state index in [9.17, 15) is 13.2 Å². The molecule has 0 unspecified atom stereocenters. The topological polar surface area (TPSA) is 102 Å². The summed E-state index contributed by atoms with van der Waals surface area (Å²) >= 11 is 5.72. The normalized spacial score (nSPS) is 11.1. The van der Waals surface area contributed by atoms with Crippen molar-refractivity contribution >= 4 is 27.5 Å². The van der Waals surface area contributed by atoms with Crippen molar-refractivity contribution in [2.24, 2.45) is 5.14 Å². The maximum Gasteiger partial charge on any atom is 0.252 e. The number of sulfonamides is 1. The number of pyridine rings is 1. The molecule has 1 amide bonds. The summed E-state index contributed by atoms with van der Waals surface area (Å²) < 4.78 is 21.2. The van der Waals surface area contributed by atoms with Gasteiger partial charge in [-0.25, -0.2) is 13.6 Å². The molecule has 6 nitrogen and oxygen atoms in total. The van der Waals surface area contributed by atoms with Crippen LogP contribution in [0, 0.1) is 0 Å². The van der Waals surface area contributed by atoms with E-state index in [0.29, 0.717) is 0 Å². The smallest absolute Gasteiger partial charge is 0.252 e. The van der Waals surface area contributed by atoms with E-state index in [0.717, 1.165) is 0 Å². The second-order valence-electron chi connectivity index (χ2n) is 2.98. The van der Waals surface area contributed by atoms with E-state index >= 15 is 0 Å². The van der Waals surface area contributed by atoms with Crippen LogP contribution < -0.4 is 10.5 Å². The number of amides is 1. The van der Waals surface area contributed by atoms with Crippen LogP contribution in [0.4, 0.5) is 0 Å². The van der Waals surface area contributed by atoms with Crippen molar-refractivity contribution in [3.63, 3.8) is 0 Å². The van der Waals surface area contributed by atoms with E-state index in [-0.39, 0.29) is 22.9 Å². The lowest BCUT2D eigenvalue weighted by Crippen LogP contribution is -2.31. The van der Waals surface area contributed by atoms with Crippen molar-refractivity contribution in [3.05, 3.63) is 29.0 Å². The summed E-state index contributed by atoms with van der Waals surface area (Å²) in [5.41, 5.74) is 0.242. The Bertz CT molecular complexity index is 489. The van der Waals surface area contributed by atoms with Crippen LogP contribution in [0.3, 0.4) is 0 Å². The Morgan fingerprint density at radius 3 is 2.81 bits per heavy atom. The Morgan fingerprint density at radius 1 is 1.56 bits per heavy atom. The van der Waals surface area contributed by atoms with Gasteiger partial charge in [-0.1, -0.05) is 11.6 Å². The van der Waals surface area contributed by atoms with E-state index < -0.39 is 15.9 Å². The molecule has 8 heteroatoms. The first kappa shape index (κ1) is 12.9. The Kier molecular flexibility index (Phi) is 4.22. The summed E-state index contributed by atoms with van der Waals surface area (Å²) in [5, 5.41) is 7.37. The zero-order valence-electron chi connectivity index (χ0n) is 8.18. The maximum atomic E-state index is 11.5. The number of halogens is 1. The average Bonchev–Trinajstić information content (AvgIpc) is 2.16. The summed E-state index contributed by atoms with van der Waals surface area (Å²) in [7, 11) is -3.57. The Labute approximate surface area is 97.9 Å². The van der Waals surface area contributed by atoms with Gasteiger partial charge in [0.25, 0.3) is 5.91 Å². The number of aromatic nitrogens is 1. The standard InChI is InChI=1S/C8H10ClN3O3S/c9-7-5-11-2-1-6(7)8(13)12-3-4-16(10,14)15/h1-2,5H,3-4H2,(H,12,13)(H2,10,14,15). The molecular weight excluding hydrogens is 254 g/mol. The van der Waals surface area contributed by atoms with Gasteiger partial charge in [0.1, 0.15) is 0 Å². The van der Waals surface area contributed by atoms with Gasteiger partial charge in [-0.15, -0.1) is 0 Å². The molecule has 88 valence electrons. The molecule has 1 aromatic heterocycles. The second-order valence-corrected chi connectivity index (χ2v) is 5.12. The molecule has 3 N–H and O–H groups in total. The fourth-order valence-corrected chi connectivity index (χ4v) is 1.55. The molecule has 0 radical (unpaired) electrons. The molecule has 1 heterocycles. The minimum absolute atomic E-state index is 0.0592. The van der Waals surface area contributed by atoms with Crippen molar-refractivity contribution in [2.45, 2.75) is 0 Å². The van der Waals surface area contributed by atoms with Gasteiger partial charge in [0.15, 0.2) is 0 Å². The molecule has 0 atom stereocenters. The lowest BCUT2D eigenvalue weighted by Gasteiger charge is -2.05. The van der Waals surface area contributed by atoms with Crippen LogP contribution in [0.2, 0.25) is 5.02 Å². The third-order valence-electron chi connectivity index (χ3n) is 1.69. The Morgan fingerprint density at radius 2 is 2.25 bits per heavy atom. The number of hydrogen-bond acceptors (Lipinski definition) is 4. The minimum Gasteiger partial charge on any atom is -0.351 e. The van der Waals surface area contributed by atoms with Gasteiger partial charge in [0.2, 0.25) is 10.0 Å². The SMILES string of the molecule is NS(=O)(=O)CCNC(=O)c1ccncc1Cl. The Balaban J connectivity index is 2.57. The average molecular weight is 264 g/mol. The van der Waals surface area contributed by atoms with Crippen molar-refractivity contribution in [1.29, 1.82) is 0 Å². The number of rotatable bonds is 4. The number of primary sulfonamides is 1. The third kappa shape index (κ3) is 4.13. The zero-order chi connectivity index (χ0) is 12.2. The highest BCUT2D eigenvalue weighted by molar-refractivity contribution is 7.89. The molecule has 0 saturated heterocycles. The van der Waals surface area contributed by atoms with Gasteiger partial charge < -0.3 is 5.32 Å². The summed E-state index contributed by atoms with van der Waals surface area (Å²) in [4.78, 5) is 15.2. The van der Waals surface area contributed by atoms with Crippen LogP contribution in [0.15, 0.2) is 18.5 Å². The number of nitrogens with zero attached hydrogens (tertiary/aromatic N) is 1. The van der Waals surface area contributed by atoms with Crippen LogP contribution in [-0.2, 0) is 10.0 Å². The first-order chi connectivity index (χ1) is 7.40. The first-order valence-corrected chi connectivity index (χ1v) is 6.37. The molecular formula is C8H10ClN3O3S. The van der Waals surface area contributed by atoms with E-state index in [1.165, 1.54) is 18.5 Å². The van der Waals surface area contributed by atoms with Crippen LogP contribution in [0.5, 0.6) is 0 Å².